The van der Waals surface area contributed by atoms with Crippen LogP contribution >= 0.6 is 11.3 Å². The second-order valence-corrected chi connectivity index (χ2v) is 10.9. The molecule has 10 heteroatoms. The van der Waals surface area contributed by atoms with Gasteiger partial charge in [0.25, 0.3) is 0 Å². The number of benzene rings is 2. The van der Waals surface area contributed by atoms with Crippen molar-refractivity contribution in [2.24, 2.45) is 0 Å². The number of carbonyl (C=O) groups is 1. The minimum Gasteiger partial charge on any atom is -0.282 e. The number of thiazole rings is 1. The summed E-state index contributed by atoms with van der Waals surface area (Å²) >= 11 is 1.38. The molecular formula is C24H21FN4O3S2. The van der Waals surface area contributed by atoms with Crippen LogP contribution in [-0.2, 0) is 21.4 Å². The van der Waals surface area contributed by atoms with Crippen LogP contribution in [0.15, 0.2) is 78.0 Å². The van der Waals surface area contributed by atoms with E-state index in [0.29, 0.717) is 18.0 Å². The molecule has 174 valence electrons. The summed E-state index contributed by atoms with van der Waals surface area (Å²) in [5.41, 5.74) is 1.58. The fourth-order valence-corrected chi connectivity index (χ4v) is 6.71. The molecule has 1 atom stereocenters. The van der Waals surface area contributed by atoms with E-state index in [9.17, 15) is 17.6 Å². The molecule has 7 nitrogen and oxygen atoms in total. The van der Waals surface area contributed by atoms with Crippen molar-refractivity contribution < 1.29 is 17.6 Å². The van der Waals surface area contributed by atoms with Gasteiger partial charge in [-0.25, -0.2) is 17.8 Å². The van der Waals surface area contributed by atoms with E-state index in [1.54, 1.807) is 23.4 Å². The van der Waals surface area contributed by atoms with Gasteiger partial charge in [0.15, 0.2) is 5.13 Å². The smallest absolute Gasteiger partial charge is 0.247 e. The summed E-state index contributed by atoms with van der Waals surface area (Å²) < 4.78 is 42.2. The Hall–Kier alpha value is -3.21. The van der Waals surface area contributed by atoms with Gasteiger partial charge in [-0.2, -0.15) is 4.31 Å². The fourth-order valence-electron chi connectivity index (χ4n) is 4.09. The van der Waals surface area contributed by atoms with Crippen LogP contribution in [0.3, 0.4) is 0 Å². The zero-order valence-corrected chi connectivity index (χ0v) is 19.7. The number of carbonyl (C=O) groups excluding carboxylic acids is 1. The van der Waals surface area contributed by atoms with Crippen molar-refractivity contribution >= 4 is 42.6 Å². The van der Waals surface area contributed by atoms with E-state index < -0.39 is 21.9 Å². The van der Waals surface area contributed by atoms with Crippen LogP contribution < -0.4 is 4.90 Å². The van der Waals surface area contributed by atoms with Gasteiger partial charge in [0.1, 0.15) is 11.9 Å². The van der Waals surface area contributed by atoms with Gasteiger partial charge in [-0.05, 0) is 60.9 Å². The van der Waals surface area contributed by atoms with Crippen LogP contribution in [0.25, 0.3) is 10.2 Å². The Morgan fingerprint density at radius 3 is 2.65 bits per heavy atom. The lowest BCUT2D eigenvalue weighted by Crippen LogP contribution is -2.47. The largest absolute Gasteiger partial charge is 0.282 e. The number of hydrogen-bond donors (Lipinski definition) is 0. The van der Waals surface area contributed by atoms with Crippen molar-refractivity contribution in [3.63, 3.8) is 0 Å². The predicted molar refractivity (Wildman–Crippen MR) is 128 cm³/mol. The van der Waals surface area contributed by atoms with Crippen LogP contribution in [0.5, 0.6) is 0 Å². The third kappa shape index (κ3) is 4.31. The van der Waals surface area contributed by atoms with Crippen LogP contribution in [0, 0.1) is 5.82 Å². The molecule has 34 heavy (non-hydrogen) atoms. The van der Waals surface area contributed by atoms with Gasteiger partial charge in [0, 0.05) is 18.9 Å². The zero-order valence-electron chi connectivity index (χ0n) is 18.0. The van der Waals surface area contributed by atoms with Gasteiger partial charge in [-0.3, -0.25) is 14.7 Å². The average molecular weight is 497 g/mol. The minimum atomic E-state index is -3.97. The molecule has 1 saturated heterocycles. The second-order valence-electron chi connectivity index (χ2n) is 7.98. The maximum Gasteiger partial charge on any atom is 0.247 e. The first kappa shape index (κ1) is 22.6. The standard InChI is InChI=1S/C24H21FN4O3S2/c25-18-9-11-19(12-10-18)34(31,32)29-14-4-7-21(29)23(30)28(16-17-5-3-13-26-15-17)24-27-20-6-1-2-8-22(20)33-24/h1-3,5-6,8-13,15,21H,4,7,14,16H2/t21-/m1/s1. The van der Waals surface area contributed by atoms with Crippen LogP contribution in [0.2, 0.25) is 0 Å². The molecule has 4 aromatic rings. The molecule has 1 fully saturated rings. The quantitative estimate of drug-likeness (QED) is 0.399. The zero-order chi connectivity index (χ0) is 23.7. The summed E-state index contributed by atoms with van der Waals surface area (Å²) in [6, 6.07) is 15.0. The van der Waals surface area contributed by atoms with Gasteiger partial charge >= 0.3 is 0 Å². The third-order valence-corrected chi connectivity index (χ3v) is 8.73. The Kier molecular flexibility index (Phi) is 6.11. The molecule has 0 radical (unpaired) electrons. The molecule has 3 heterocycles. The Morgan fingerprint density at radius 2 is 1.91 bits per heavy atom. The van der Waals surface area contributed by atoms with E-state index in [1.807, 2.05) is 30.3 Å². The number of anilines is 1. The molecule has 0 N–H and O–H groups in total. The second kappa shape index (κ2) is 9.21. The van der Waals surface area contributed by atoms with E-state index in [-0.39, 0.29) is 23.9 Å². The number of aromatic nitrogens is 2. The van der Waals surface area contributed by atoms with Crippen molar-refractivity contribution in [1.29, 1.82) is 0 Å². The highest BCUT2D eigenvalue weighted by Gasteiger charge is 2.42. The minimum absolute atomic E-state index is 0.0348. The average Bonchev–Trinajstić information content (AvgIpc) is 3.51. The molecular weight excluding hydrogens is 475 g/mol. The number of nitrogens with zero attached hydrogens (tertiary/aromatic N) is 4. The van der Waals surface area contributed by atoms with Gasteiger partial charge in [0.2, 0.25) is 15.9 Å². The van der Waals surface area contributed by atoms with Crippen molar-refractivity contribution in [2.75, 3.05) is 11.4 Å². The number of fused-ring (bicyclic) bond motifs is 1. The molecule has 0 unspecified atom stereocenters. The monoisotopic (exact) mass is 496 g/mol. The lowest BCUT2D eigenvalue weighted by Gasteiger charge is -2.28. The first-order valence-electron chi connectivity index (χ1n) is 10.8. The summed E-state index contributed by atoms with van der Waals surface area (Å²) in [5.74, 6) is -0.863. The lowest BCUT2D eigenvalue weighted by atomic mass is 10.2. The fraction of sp³-hybridized carbons (Fsp3) is 0.208. The lowest BCUT2D eigenvalue weighted by molar-refractivity contribution is -0.121. The molecule has 1 aliphatic heterocycles. The molecule has 2 aromatic heterocycles. The molecule has 0 aliphatic carbocycles. The van der Waals surface area contributed by atoms with Gasteiger partial charge in [-0.1, -0.05) is 29.5 Å². The van der Waals surface area contributed by atoms with Gasteiger partial charge in [-0.15, -0.1) is 0 Å². The molecule has 0 saturated carbocycles. The number of pyridine rings is 1. The van der Waals surface area contributed by atoms with E-state index in [1.165, 1.54) is 27.8 Å². The predicted octanol–water partition coefficient (Wildman–Crippen LogP) is 4.22. The Morgan fingerprint density at radius 1 is 1.12 bits per heavy atom. The summed E-state index contributed by atoms with van der Waals surface area (Å²) in [7, 11) is -3.97. The maximum atomic E-state index is 13.9. The van der Waals surface area contributed by atoms with Crippen molar-refractivity contribution in [2.45, 2.75) is 30.3 Å². The number of sulfonamides is 1. The third-order valence-electron chi connectivity index (χ3n) is 5.75. The van der Waals surface area contributed by atoms with Gasteiger partial charge in [0.05, 0.1) is 21.7 Å². The summed E-state index contributed by atoms with van der Waals surface area (Å²) in [6.07, 6.45) is 4.28. The molecule has 0 spiro atoms. The van der Waals surface area contributed by atoms with Crippen LogP contribution in [0.1, 0.15) is 18.4 Å². The summed E-state index contributed by atoms with van der Waals surface area (Å²) in [5, 5.41) is 0.501. The Labute approximate surface area is 200 Å². The highest BCUT2D eigenvalue weighted by molar-refractivity contribution is 7.89. The van der Waals surface area contributed by atoms with Crippen LogP contribution in [0.4, 0.5) is 9.52 Å². The number of rotatable bonds is 6. The summed E-state index contributed by atoms with van der Waals surface area (Å²) in [4.78, 5) is 24.2. The first-order valence-corrected chi connectivity index (χ1v) is 13.0. The molecule has 0 bridgehead atoms. The van der Waals surface area contributed by atoms with E-state index in [0.717, 1.165) is 27.9 Å². The Balaban J connectivity index is 1.51. The highest BCUT2D eigenvalue weighted by atomic mass is 32.2. The SMILES string of the molecule is O=C([C@H]1CCCN1S(=O)(=O)c1ccc(F)cc1)N(Cc1cccnc1)c1nc2ccccc2s1. The van der Waals surface area contributed by atoms with Gasteiger partial charge < -0.3 is 0 Å². The maximum absolute atomic E-state index is 13.9. The van der Waals surface area contributed by atoms with E-state index in [2.05, 4.69) is 9.97 Å². The summed E-state index contributed by atoms with van der Waals surface area (Å²) in [6.45, 7) is 0.435. The van der Waals surface area contributed by atoms with Crippen LogP contribution in [-0.4, -0.2) is 41.2 Å². The molecule has 5 rings (SSSR count). The number of hydrogen-bond acceptors (Lipinski definition) is 6. The number of para-hydroxylation sites is 1. The van der Waals surface area contributed by atoms with E-state index >= 15 is 0 Å². The topological polar surface area (TPSA) is 83.5 Å². The molecule has 1 aliphatic rings. The Bertz CT molecular complexity index is 1390. The molecule has 1 amide bonds. The molecule has 2 aromatic carbocycles. The first-order chi connectivity index (χ1) is 16.4. The normalized spacial score (nSPS) is 16.7. The van der Waals surface area contributed by atoms with Crippen molar-refractivity contribution in [3.8, 4) is 0 Å². The number of halogens is 1. The van der Waals surface area contributed by atoms with Crippen molar-refractivity contribution in [1.82, 2.24) is 14.3 Å². The number of amides is 1. The highest BCUT2D eigenvalue weighted by Crippen LogP contribution is 2.33. The van der Waals surface area contributed by atoms with E-state index in [4.69, 9.17) is 0 Å². The van der Waals surface area contributed by atoms with Crippen molar-refractivity contribution in [3.05, 3.63) is 84.4 Å².